The van der Waals surface area contributed by atoms with Gasteiger partial charge in [-0.2, -0.15) is 0 Å². The SMILES string of the molecule is CC(C)(C)[C@H]1Cc2ccc([N+](=O)[O-])cc2S(=O)(=O)N1. The molecule has 0 fully saturated rings. The summed E-state index contributed by atoms with van der Waals surface area (Å²) in [5, 5.41) is 10.7. The van der Waals surface area contributed by atoms with Gasteiger partial charge < -0.3 is 0 Å². The molecule has 1 aromatic carbocycles. The van der Waals surface area contributed by atoms with Crippen LogP contribution in [0.2, 0.25) is 0 Å². The maximum Gasteiger partial charge on any atom is 0.270 e. The Labute approximate surface area is 112 Å². The molecule has 2 rings (SSSR count). The third-order valence-electron chi connectivity index (χ3n) is 3.32. The molecule has 1 aromatic rings. The molecule has 6 nitrogen and oxygen atoms in total. The van der Waals surface area contributed by atoms with Crippen LogP contribution in [0.3, 0.4) is 0 Å². The van der Waals surface area contributed by atoms with Crippen molar-refractivity contribution in [1.82, 2.24) is 4.72 Å². The van der Waals surface area contributed by atoms with Gasteiger partial charge in [0.25, 0.3) is 5.69 Å². The monoisotopic (exact) mass is 284 g/mol. The number of non-ortho nitro benzene ring substituents is 1. The Balaban J connectivity index is 2.53. The maximum atomic E-state index is 12.2. The van der Waals surface area contributed by atoms with Crippen molar-refractivity contribution in [2.75, 3.05) is 0 Å². The highest BCUT2D eigenvalue weighted by molar-refractivity contribution is 7.89. The fraction of sp³-hybridized carbons (Fsp3) is 0.500. The summed E-state index contributed by atoms with van der Waals surface area (Å²) in [5.74, 6) is 0. The van der Waals surface area contributed by atoms with E-state index in [1.165, 1.54) is 12.1 Å². The fourth-order valence-corrected chi connectivity index (χ4v) is 3.78. The lowest BCUT2D eigenvalue weighted by molar-refractivity contribution is -0.385. The second kappa shape index (κ2) is 4.28. The van der Waals surface area contributed by atoms with Crippen LogP contribution in [0, 0.1) is 15.5 Å². The van der Waals surface area contributed by atoms with E-state index in [0.717, 1.165) is 6.07 Å². The Bertz CT molecular complexity index is 632. The van der Waals surface area contributed by atoms with Crippen molar-refractivity contribution in [3.05, 3.63) is 33.9 Å². The lowest BCUT2D eigenvalue weighted by atomic mass is 9.83. The number of nitro benzene ring substituents is 1. The van der Waals surface area contributed by atoms with E-state index in [-0.39, 0.29) is 22.0 Å². The van der Waals surface area contributed by atoms with Crippen LogP contribution < -0.4 is 4.72 Å². The van der Waals surface area contributed by atoms with Crippen LogP contribution in [-0.2, 0) is 16.4 Å². The molecule has 1 N–H and O–H groups in total. The molecule has 1 heterocycles. The van der Waals surface area contributed by atoms with E-state index in [0.29, 0.717) is 12.0 Å². The molecular formula is C12H16N2O4S. The lowest BCUT2D eigenvalue weighted by Crippen LogP contribution is -2.48. The van der Waals surface area contributed by atoms with Crippen molar-refractivity contribution in [2.45, 2.75) is 38.1 Å². The van der Waals surface area contributed by atoms with Gasteiger partial charge >= 0.3 is 0 Å². The van der Waals surface area contributed by atoms with Gasteiger partial charge in [-0.25, -0.2) is 13.1 Å². The lowest BCUT2D eigenvalue weighted by Gasteiger charge is -2.35. The minimum absolute atomic E-state index is 0.0159. The van der Waals surface area contributed by atoms with Gasteiger partial charge in [-0.1, -0.05) is 26.8 Å². The quantitative estimate of drug-likeness (QED) is 0.629. The predicted octanol–water partition coefficient (Wildman–Crippen LogP) is 1.84. The van der Waals surface area contributed by atoms with E-state index >= 15 is 0 Å². The number of benzene rings is 1. The zero-order chi connectivity index (χ0) is 14.4. The molecule has 0 aliphatic carbocycles. The van der Waals surface area contributed by atoms with E-state index in [2.05, 4.69) is 4.72 Å². The van der Waals surface area contributed by atoms with Gasteiger partial charge in [-0.3, -0.25) is 10.1 Å². The molecule has 0 bridgehead atoms. The molecule has 0 radical (unpaired) electrons. The van der Waals surface area contributed by atoms with Crippen molar-refractivity contribution in [3.63, 3.8) is 0 Å². The van der Waals surface area contributed by atoms with E-state index in [1.807, 2.05) is 20.8 Å². The number of nitrogens with zero attached hydrogens (tertiary/aromatic N) is 1. The minimum atomic E-state index is -3.68. The van der Waals surface area contributed by atoms with Crippen LogP contribution in [0.5, 0.6) is 0 Å². The van der Waals surface area contributed by atoms with E-state index in [9.17, 15) is 18.5 Å². The minimum Gasteiger partial charge on any atom is -0.258 e. The van der Waals surface area contributed by atoms with Gasteiger partial charge in [0.1, 0.15) is 0 Å². The number of fused-ring (bicyclic) bond motifs is 1. The summed E-state index contributed by atoms with van der Waals surface area (Å²) in [4.78, 5) is 10.1. The molecule has 104 valence electrons. The van der Waals surface area contributed by atoms with Crippen molar-refractivity contribution >= 4 is 15.7 Å². The molecule has 1 atom stereocenters. The zero-order valence-electron chi connectivity index (χ0n) is 11.0. The van der Waals surface area contributed by atoms with Gasteiger partial charge in [0.05, 0.1) is 9.82 Å². The van der Waals surface area contributed by atoms with Crippen LogP contribution in [0.15, 0.2) is 23.1 Å². The second-order valence-corrected chi connectivity index (χ2v) is 7.48. The Morgan fingerprint density at radius 2 is 2.00 bits per heavy atom. The topological polar surface area (TPSA) is 89.3 Å². The highest BCUT2D eigenvalue weighted by atomic mass is 32.2. The van der Waals surface area contributed by atoms with Crippen LogP contribution in [0.25, 0.3) is 0 Å². The van der Waals surface area contributed by atoms with Crippen molar-refractivity contribution in [2.24, 2.45) is 5.41 Å². The summed E-state index contributed by atoms with van der Waals surface area (Å²) >= 11 is 0. The number of hydrogen-bond acceptors (Lipinski definition) is 4. The Morgan fingerprint density at radius 3 is 2.53 bits per heavy atom. The summed E-state index contributed by atoms with van der Waals surface area (Å²) in [7, 11) is -3.68. The zero-order valence-corrected chi connectivity index (χ0v) is 11.8. The van der Waals surface area contributed by atoms with Crippen LogP contribution in [0.1, 0.15) is 26.3 Å². The second-order valence-electron chi connectivity index (χ2n) is 5.79. The average molecular weight is 284 g/mol. The smallest absolute Gasteiger partial charge is 0.258 e. The molecule has 0 saturated carbocycles. The van der Waals surface area contributed by atoms with Crippen molar-refractivity contribution in [1.29, 1.82) is 0 Å². The molecule has 7 heteroatoms. The molecule has 0 aromatic heterocycles. The molecular weight excluding hydrogens is 268 g/mol. The Hall–Kier alpha value is -1.47. The van der Waals surface area contributed by atoms with Crippen molar-refractivity contribution < 1.29 is 13.3 Å². The van der Waals surface area contributed by atoms with Crippen LogP contribution in [0.4, 0.5) is 5.69 Å². The first-order valence-corrected chi connectivity index (χ1v) is 7.39. The first kappa shape index (κ1) is 14.0. The number of sulfonamides is 1. The molecule has 19 heavy (non-hydrogen) atoms. The average Bonchev–Trinajstić information content (AvgIpc) is 2.26. The maximum absolute atomic E-state index is 12.2. The normalized spacial score (nSPS) is 21.7. The van der Waals surface area contributed by atoms with Gasteiger partial charge in [0.15, 0.2) is 0 Å². The standard InChI is InChI=1S/C12H16N2O4S/c1-12(2,3)11-6-8-4-5-9(14(15)16)7-10(8)19(17,18)13-11/h4-5,7,11,13H,6H2,1-3H3/t11-/m1/s1. The third-order valence-corrected chi connectivity index (χ3v) is 4.87. The first-order valence-electron chi connectivity index (χ1n) is 5.91. The summed E-state index contributed by atoms with van der Waals surface area (Å²) in [5.41, 5.74) is 0.203. The van der Waals surface area contributed by atoms with Gasteiger partial charge in [0, 0.05) is 18.2 Å². The number of nitro groups is 1. The Kier molecular flexibility index (Phi) is 3.14. The van der Waals surface area contributed by atoms with E-state index in [1.54, 1.807) is 0 Å². The third kappa shape index (κ3) is 2.62. The highest BCUT2D eigenvalue weighted by Crippen LogP contribution is 2.32. The first-order chi connectivity index (χ1) is 8.61. The summed E-state index contributed by atoms with van der Waals surface area (Å²) in [6.45, 7) is 5.86. The van der Waals surface area contributed by atoms with E-state index in [4.69, 9.17) is 0 Å². The van der Waals surface area contributed by atoms with Gasteiger partial charge in [0.2, 0.25) is 10.0 Å². The van der Waals surface area contributed by atoms with Crippen LogP contribution in [-0.4, -0.2) is 19.4 Å². The number of nitrogens with one attached hydrogen (secondary N) is 1. The Morgan fingerprint density at radius 1 is 1.37 bits per heavy atom. The fourth-order valence-electron chi connectivity index (χ4n) is 2.07. The molecule has 0 unspecified atom stereocenters. The molecule has 1 aliphatic rings. The molecule has 1 aliphatic heterocycles. The largest absolute Gasteiger partial charge is 0.270 e. The summed E-state index contributed by atoms with van der Waals surface area (Å²) < 4.78 is 26.9. The van der Waals surface area contributed by atoms with Gasteiger partial charge in [-0.05, 0) is 17.4 Å². The van der Waals surface area contributed by atoms with Crippen LogP contribution >= 0.6 is 0 Å². The molecule has 0 saturated heterocycles. The van der Waals surface area contributed by atoms with E-state index < -0.39 is 14.9 Å². The van der Waals surface area contributed by atoms with Crippen molar-refractivity contribution in [3.8, 4) is 0 Å². The number of rotatable bonds is 1. The molecule has 0 spiro atoms. The molecule has 0 amide bonds. The predicted molar refractivity (Wildman–Crippen MR) is 70.4 cm³/mol. The highest BCUT2D eigenvalue weighted by Gasteiger charge is 2.36. The summed E-state index contributed by atoms with van der Waals surface area (Å²) in [6, 6.07) is 3.78. The number of hydrogen-bond donors (Lipinski definition) is 1. The van der Waals surface area contributed by atoms with Gasteiger partial charge in [-0.15, -0.1) is 0 Å². The summed E-state index contributed by atoms with van der Waals surface area (Å²) in [6.07, 6.45) is 0.538.